The highest BCUT2D eigenvalue weighted by Crippen LogP contribution is 2.13. The highest BCUT2D eigenvalue weighted by atomic mass is 16.5. The molecule has 1 saturated heterocycles. The van der Waals surface area contributed by atoms with Crippen LogP contribution in [0.5, 0.6) is 0 Å². The summed E-state index contributed by atoms with van der Waals surface area (Å²) in [5.74, 6) is -1.49. The number of ether oxygens (including phenoxy) is 1. The van der Waals surface area contributed by atoms with Gasteiger partial charge in [-0.15, -0.1) is 0 Å². The number of nitrogens with zero attached hydrogens (tertiary/aromatic N) is 2. The Morgan fingerprint density at radius 3 is 2.28 bits per heavy atom. The minimum absolute atomic E-state index is 0.0258. The molecule has 1 rings (SSSR count). The molecule has 0 aromatic rings. The zero-order valence-corrected chi connectivity index (χ0v) is 10.6. The zero-order valence-electron chi connectivity index (χ0n) is 10.6. The molecule has 0 radical (unpaired) electrons. The van der Waals surface area contributed by atoms with Crippen molar-refractivity contribution >= 4 is 17.8 Å². The molecule has 0 saturated carbocycles. The fraction of sp³-hybridized carbons (Fsp3) is 0.727. The summed E-state index contributed by atoms with van der Waals surface area (Å²) in [6.07, 6.45) is 0. The first-order chi connectivity index (χ1) is 8.49. The fourth-order valence-electron chi connectivity index (χ4n) is 1.60. The zero-order chi connectivity index (χ0) is 13.7. The quantitative estimate of drug-likeness (QED) is 0.376. The fourth-order valence-corrected chi connectivity index (χ4v) is 1.60. The van der Waals surface area contributed by atoms with E-state index in [1.165, 1.54) is 0 Å². The molecule has 0 bridgehead atoms. The Labute approximate surface area is 105 Å². The van der Waals surface area contributed by atoms with E-state index in [9.17, 15) is 14.4 Å². The number of carbonyl (C=O) groups is 3. The van der Waals surface area contributed by atoms with E-state index in [4.69, 9.17) is 9.84 Å². The highest BCUT2D eigenvalue weighted by molar-refractivity contribution is 6.44. The minimum Gasteiger partial charge on any atom is -0.394 e. The van der Waals surface area contributed by atoms with Crippen molar-refractivity contribution in [3.05, 3.63) is 0 Å². The van der Waals surface area contributed by atoms with Gasteiger partial charge < -0.3 is 9.84 Å². The summed E-state index contributed by atoms with van der Waals surface area (Å²) in [4.78, 5) is 36.8. The number of urea groups is 1. The van der Waals surface area contributed by atoms with Gasteiger partial charge in [0.05, 0.1) is 26.4 Å². The standard InChI is InChI=1S/C11H18N2O5/c1-8(2)7-13-10(16)9(15)12(11(13)17)3-5-18-6-4-14/h8,14H,3-7H2,1-2H3. The summed E-state index contributed by atoms with van der Waals surface area (Å²) in [6, 6.07) is -0.591. The van der Waals surface area contributed by atoms with Gasteiger partial charge in [-0.05, 0) is 5.92 Å². The van der Waals surface area contributed by atoms with Crippen LogP contribution >= 0.6 is 0 Å². The van der Waals surface area contributed by atoms with Gasteiger partial charge in [-0.2, -0.15) is 0 Å². The predicted molar refractivity (Wildman–Crippen MR) is 61.6 cm³/mol. The van der Waals surface area contributed by atoms with Crippen LogP contribution in [0, 0.1) is 5.92 Å². The lowest BCUT2D eigenvalue weighted by molar-refractivity contribution is -0.143. The second kappa shape index (κ2) is 6.46. The van der Waals surface area contributed by atoms with E-state index >= 15 is 0 Å². The Bertz CT molecular complexity index is 342. The molecule has 1 heterocycles. The van der Waals surface area contributed by atoms with Crippen molar-refractivity contribution in [2.24, 2.45) is 5.92 Å². The first kappa shape index (κ1) is 14.6. The van der Waals surface area contributed by atoms with Crippen molar-refractivity contribution in [3.63, 3.8) is 0 Å². The Morgan fingerprint density at radius 1 is 1.11 bits per heavy atom. The van der Waals surface area contributed by atoms with Crippen molar-refractivity contribution in [2.75, 3.05) is 32.9 Å². The van der Waals surface area contributed by atoms with Crippen molar-refractivity contribution in [3.8, 4) is 0 Å². The van der Waals surface area contributed by atoms with Crippen LogP contribution in [0.25, 0.3) is 0 Å². The molecular weight excluding hydrogens is 240 g/mol. The van der Waals surface area contributed by atoms with Crippen molar-refractivity contribution in [1.82, 2.24) is 9.80 Å². The summed E-state index contributed by atoms with van der Waals surface area (Å²) in [6.45, 7) is 4.10. The second-order valence-corrected chi connectivity index (χ2v) is 4.38. The molecule has 4 amide bonds. The normalized spacial score (nSPS) is 16.3. The molecule has 1 fully saturated rings. The van der Waals surface area contributed by atoms with Gasteiger partial charge in [0.15, 0.2) is 0 Å². The predicted octanol–water partition coefficient (Wildman–Crippen LogP) is -0.558. The summed E-state index contributed by atoms with van der Waals surface area (Å²) in [5.41, 5.74) is 0. The number of hydrogen-bond donors (Lipinski definition) is 1. The van der Waals surface area contributed by atoms with Crippen LogP contribution < -0.4 is 0 Å². The van der Waals surface area contributed by atoms with Gasteiger partial charge >= 0.3 is 17.8 Å². The van der Waals surface area contributed by atoms with Crippen LogP contribution in [-0.2, 0) is 14.3 Å². The Morgan fingerprint density at radius 2 is 1.72 bits per heavy atom. The number of imide groups is 2. The Kier molecular flexibility index (Phi) is 5.24. The van der Waals surface area contributed by atoms with E-state index in [0.29, 0.717) is 0 Å². The van der Waals surface area contributed by atoms with Crippen LogP contribution in [0.2, 0.25) is 0 Å². The first-order valence-corrected chi connectivity index (χ1v) is 5.85. The maximum Gasteiger partial charge on any atom is 0.334 e. The molecule has 102 valence electrons. The van der Waals surface area contributed by atoms with E-state index in [1.807, 2.05) is 13.8 Å². The number of aliphatic hydroxyl groups excluding tert-OH is 1. The van der Waals surface area contributed by atoms with Gasteiger partial charge in [-0.25, -0.2) is 4.79 Å². The number of hydrogen-bond acceptors (Lipinski definition) is 5. The lowest BCUT2D eigenvalue weighted by atomic mass is 10.2. The maximum absolute atomic E-state index is 11.8. The van der Waals surface area contributed by atoms with Gasteiger partial charge in [0.25, 0.3) is 0 Å². The van der Waals surface area contributed by atoms with Crippen LogP contribution in [0.1, 0.15) is 13.8 Å². The van der Waals surface area contributed by atoms with E-state index in [0.717, 1.165) is 9.80 Å². The largest absolute Gasteiger partial charge is 0.394 e. The SMILES string of the molecule is CC(C)CN1C(=O)C(=O)N(CCOCCO)C1=O. The van der Waals surface area contributed by atoms with Crippen LogP contribution in [0.3, 0.4) is 0 Å². The van der Waals surface area contributed by atoms with Gasteiger partial charge in [0.1, 0.15) is 0 Å². The van der Waals surface area contributed by atoms with Gasteiger partial charge in [0, 0.05) is 6.54 Å². The molecule has 0 unspecified atom stereocenters. The van der Waals surface area contributed by atoms with Crippen molar-refractivity contribution < 1.29 is 24.2 Å². The molecule has 0 atom stereocenters. The van der Waals surface area contributed by atoms with E-state index in [2.05, 4.69) is 0 Å². The molecule has 0 aliphatic carbocycles. The van der Waals surface area contributed by atoms with Crippen LogP contribution in [0.4, 0.5) is 4.79 Å². The smallest absolute Gasteiger partial charge is 0.334 e. The number of aliphatic hydroxyl groups is 1. The molecule has 0 aromatic heterocycles. The first-order valence-electron chi connectivity index (χ1n) is 5.85. The number of amides is 4. The third kappa shape index (κ3) is 3.27. The summed E-state index contributed by atoms with van der Waals surface area (Å²) in [7, 11) is 0. The monoisotopic (exact) mass is 258 g/mol. The number of carbonyl (C=O) groups excluding carboxylic acids is 3. The van der Waals surface area contributed by atoms with E-state index in [1.54, 1.807) is 0 Å². The molecule has 1 N–H and O–H groups in total. The van der Waals surface area contributed by atoms with Gasteiger partial charge in [-0.3, -0.25) is 19.4 Å². The molecule has 1 aliphatic heterocycles. The van der Waals surface area contributed by atoms with Gasteiger partial charge in [0.2, 0.25) is 0 Å². The molecule has 18 heavy (non-hydrogen) atoms. The topological polar surface area (TPSA) is 87.2 Å². The summed E-state index contributed by atoms with van der Waals surface area (Å²) in [5, 5.41) is 8.51. The maximum atomic E-state index is 11.8. The molecule has 0 spiro atoms. The van der Waals surface area contributed by atoms with Crippen LogP contribution in [0.15, 0.2) is 0 Å². The Balaban J connectivity index is 2.57. The average Bonchev–Trinajstić information content (AvgIpc) is 2.50. The lowest BCUT2D eigenvalue weighted by Gasteiger charge is -2.16. The molecule has 7 nitrogen and oxygen atoms in total. The number of rotatable bonds is 7. The van der Waals surface area contributed by atoms with Crippen molar-refractivity contribution in [1.29, 1.82) is 0 Å². The average molecular weight is 258 g/mol. The second-order valence-electron chi connectivity index (χ2n) is 4.38. The van der Waals surface area contributed by atoms with Crippen molar-refractivity contribution in [2.45, 2.75) is 13.8 Å². The summed E-state index contributed by atoms with van der Waals surface area (Å²) < 4.78 is 4.97. The highest BCUT2D eigenvalue weighted by Gasteiger charge is 2.44. The molecule has 7 heteroatoms. The van der Waals surface area contributed by atoms with E-state index < -0.39 is 17.8 Å². The molecular formula is C11H18N2O5. The molecule has 1 aliphatic rings. The summed E-state index contributed by atoms with van der Waals surface area (Å²) >= 11 is 0. The lowest BCUT2D eigenvalue weighted by Crippen LogP contribution is -2.37. The molecule has 0 aromatic carbocycles. The third-order valence-electron chi connectivity index (χ3n) is 2.38. The van der Waals surface area contributed by atoms with Gasteiger partial charge in [-0.1, -0.05) is 13.8 Å². The minimum atomic E-state index is -0.812. The third-order valence-corrected chi connectivity index (χ3v) is 2.38. The van der Waals surface area contributed by atoms with Crippen LogP contribution in [-0.4, -0.2) is 65.7 Å². The Hall–Kier alpha value is -1.47. The van der Waals surface area contributed by atoms with E-state index in [-0.39, 0.29) is 38.8 Å².